The molecule has 2 aliphatic rings. The molecule has 2 N–H and O–H groups in total. The van der Waals surface area contributed by atoms with Crippen LogP contribution in [0.2, 0.25) is 0 Å². The zero-order chi connectivity index (χ0) is 15.4. The van der Waals surface area contributed by atoms with Gasteiger partial charge in [-0.3, -0.25) is 14.9 Å². The summed E-state index contributed by atoms with van der Waals surface area (Å²) in [5, 5.41) is 22.0. The van der Waals surface area contributed by atoms with Crippen molar-refractivity contribution in [2.24, 2.45) is 5.92 Å². The minimum Gasteiger partial charge on any atom is -0.464 e. The molecule has 0 spiro atoms. The Bertz CT molecular complexity index is 830. The van der Waals surface area contributed by atoms with E-state index in [0.29, 0.717) is 17.1 Å². The molecule has 0 fully saturated rings. The molecule has 22 heavy (non-hydrogen) atoms. The van der Waals surface area contributed by atoms with Gasteiger partial charge in [0.25, 0.3) is 5.69 Å². The number of fused-ring (bicyclic) bond motifs is 5. The van der Waals surface area contributed by atoms with Crippen LogP contribution in [0.5, 0.6) is 5.75 Å². The number of nitro groups is 1. The topological polar surface area (TPSA) is 105 Å². The van der Waals surface area contributed by atoms with E-state index in [0.717, 1.165) is 21.2 Å². The van der Waals surface area contributed by atoms with Crippen molar-refractivity contribution in [3.63, 3.8) is 0 Å². The number of aliphatic hydroxyl groups excluding tert-OH is 1. The van der Waals surface area contributed by atoms with Crippen LogP contribution in [0, 0.1) is 16.0 Å². The minimum atomic E-state index is -0.989. The molecular weight excluding hydrogens is 328 g/mol. The van der Waals surface area contributed by atoms with E-state index in [1.165, 1.54) is 30.0 Å². The Morgan fingerprint density at radius 3 is 3.05 bits per heavy atom. The van der Waals surface area contributed by atoms with Gasteiger partial charge in [-0.05, 0) is 6.07 Å². The second-order valence-electron chi connectivity index (χ2n) is 5.15. The van der Waals surface area contributed by atoms with Gasteiger partial charge in [-0.1, -0.05) is 11.3 Å². The molecule has 0 saturated carbocycles. The van der Waals surface area contributed by atoms with Crippen molar-refractivity contribution in [3.8, 4) is 5.75 Å². The van der Waals surface area contributed by atoms with E-state index < -0.39 is 11.2 Å². The molecule has 2 aliphatic heterocycles. The van der Waals surface area contributed by atoms with Gasteiger partial charge < -0.3 is 14.8 Å². The van der Waals surface area contributed by atoms with Crippen molar-refractivity contribution in [2.75, 3.05) is 5.75 Å². The number of benzene rings is 1. The smallest absolute Gasteiger partial charge is 0.305 e. The molecule has 0 amide bonds. The second-order valence-corrected chi connectivity index (χ2v) is 7.19. The molecule has 7 nitrogen and oxygen atoms in total. The van der Waals surface area contributed by atoms with Crippen molar-refractivity contribution >= 4 is 28.8 Å². The summed E-state index contributed by atoms with van der Waals surface area (Å²) in [6.45, 7) is 0. The molecule has 3 heterocycles. The number of hydrogen-bond donors (Lipinski definition) is 2. The lowest BCUT2D eigenvalue weighted by molar-refractivity contribution is -0.385. The summed E-state index contributed by atoms with van der Waals surface area (Å²) in [7, 11) is 0. The summed E-state index contributed by atoms with van der Waals surface area (Å²) >= 11 is 2.55. The van der Waals surface area contributed by atoms with E-state index in [-0.39, 0.29) is 22.4 Å². The molecule has 0 radical (unpaired) electrons. The maximum atomic E-state index is 11.6. The number of nitro benzene ring substituents is 1. The zero-order valence-electron chi connectivity index (χ0n) is 11.0. The van der Waals surface area contributed by atoms with Crippen LogP contribution in [-0.2, 0) is 0 Å². The highest BCUT2D eigenvalue weighted by Crippen LogP contribution is 2.51. The summed E-state index contributed by atoms with van der Waals surface area (Å²) in [6.07, 6.45) is -0.989. The van der Waals surface area contributed by atoms with Crippen molar-refractivity contribution in [1.29, 1.82) is 0 Å². The largest absolute Gasteiger partial charge is 0.464 e. The molecule has 114 valence electrons. The first-order valence-corrected chi connectivity index (χ1v) is 8.33. The Kier molecular flexibility index (Phi) is 3.03. The van der Waals surface area contributed by atoms with E-state index in [1.54, 1.807) is 0 Å². The third kappa shape index (κ3) is 1.97. The van der Waals surface area contributed by atoms with Gasteiger partial charge in [-0.15, -0.1) is 11.8 Å². The van der Waals surface area contributed by atoms with Gasteiger partial charge in [0.05, 0.1) is 9.95 Å². The summed E-state index contributed by atoms with van der Waals surface area (Å²) in [5.74, 6) is 0.503. The number of hydrogen-bond acceptors (Lipinski definition) is 7. The van der Waals surface area contributed by atoms with Crippen molar-refractivity contribution < 1.29 is 14.8 Å². The number of thioether (sulfide) groups is 1. The second kappa shape index (κ2) is 4.83. The highest BCUT2D eigenvalue weighted by molar-refractivity contribution is 7.99. The number of aliphatic hydroxyl groups is 1. The van der Waals surface area contributed by atoms with Gasteiger partial charge in [-0.2, -0.15) is 0 Å². The number of nitrogens with one attached hydrogen (secondary N) is 1. The number of H-pyrrole nitrogens is 1. The first-order valence-electron chi connectivity index (χ1n) is 6.53. The van der Waals surface area contributed by atoms with E-state index in [2.05, 4.69) is 4.98 Å². The van der Waals surface area contributed by atoms with Crippen LogP contribution in [0.15, 0.2) is 28.0 Å². The lowest BCUT2D eigenvalue weighted by Gasteiger charge is -2.38. The first-order chi connectivity index (χ1) is 10.5. The average molecular weight is 338 g/mol. The molecule has 0 aliphatic carbocycles. The van der Waals surface area contributed by atoms with Crippen LogP contribution in [-0.4, -0.2) is 27.1 Å². The van der Waals surface area contributed by atoms with Crippen LogP contribution < -0.4 is 9.61 Å². The Morgan fingerprint density at radius 2 is 2.27 bits per heavy atom. The molecule has 4 rings (SSSR count). The Morgan fingerprint density at radius 1 is 1.45 bits per heavy atom. The number of aromatic nitrogens is 1. The molecule has 0 unspecified atom stereocenters. The maximum absolute atomic E-state index is 11.6. The Hall–Kier alpha value is -1.84. The molecule has 0 saturated heterocycles. The van der Waals surface area contributed by atoms with E-state index >= 15 is 0 Å². The first kappa shape index (κ1) is 13.8. The monoisotopic (exact) mass is 338 g/mol. The Labute approximate surface area is 132 Å². The number of aromatic amines is 1. The zero-order valence-corrected chi connectivity index (χ0v) is 12.6. The third-order valence-electron chi connectivity index (χ3n) is 3.93. The summed E-state index contributed by atoms with van der Waals surface area (Å²) in [6, 6.07) is 4.33. The van der Waals surface area contributed by atoms with Crippen LogP contribution in [0.4, 0.5) is 5.69 Å². The summed E-state index contributed by atoms with van der Waals surface area (Å²) < 4.78 is 5.49. The van der Waals surface area contributed by atoms with E-state index in [1.807, 2.05) is 0 Å². The third-order valence-corrected chi connectivity index (χ3v) is 6.18. The predicted octanol–water partition coefficient (Wildman–Crippen LogP) is 1.91. The standard InChI is InChI=1S/C13H10N2O5S2/c16-12-7-4-21-11-10(22-13(17)14-11)9(7)6-3-5(15(18)19)1-2-8(6)20-12/h1-3,7,9,12,16H,4H2,(H,14,17)/t7-,9+,12-/m1/s1. The Balaban J connectivity index is 1.93. The van der Waals surface area contributed by atoms with Crippen LogP contribution in [0.25, 0.3) is 0 Å². The van der Waals surface area contributed by atoms with Gasteiger partial charge in [-0.25, -0.2) is 0 Å². The van der Waals surface area contributed by atoms with Gasteiger partial charge in [0, 0.05) is 40.2 Å². The van der Waals surface area contributed by atoms with Crippen LogP contribution in [0.3, 0.4) is 0 Å². The van der Waals surface area contributed by atoms with Crippen molar-refractivity contribution in [3.05, 3.63) is 48.4 Å². The highest BCUT2D eigenvalue weighted by Gasteiger charge is 2.44. The number of rotatable bonds is 1. The van der Waals surface area contributed by atoms with Gasteiger partial charge in [0.1, 0.15) is 5.75 Å². The van der Waals surface area contributed by atoms with Crippen LogP contribution >= 0.6 is 23.1 Å². The lowest BCUT2D eigenvalue weighted by atomic mass is 9.82. The molecule has 0 bridgehead atoms. The highest BCUT2D eigenvalue weighted by atomic mass is 32.2. The van der Waals surface area contributed by atoms with Crippen molar-refractivity contribution in [2.45, 2.75) is 17.2 Å². The molecule has 3 atom stereocenters. The fourth-order valence-corrected chi connectivity index (χ4v) is 5.39. The minimum absolute atomic E-state index is 0.0276. The number of thiazole rings is 1. The molecule has 1 aromatic heterocycles. The fourth-order valence-electron chi connectivity index (χ4n) is 2.94. The average Bonchev–Trinajstić information content (AvgIpc) is 2.86. The summed E-state index contributed by atoms with van der Waals surface area (Å²) in [4.78, 5) is 25.6. The van der Waals surface area contributed by atoms with E-state index in [9.17, 15) is 20.0 Å². The van der Waals surface area contributed by atoms with Gasteiger partial charge in [0.2, 0.25) is 6.29 Å². The normalized spacial score (nSPS) is 25.6. The van der Waals surface area contributed by atoms with Crippen LogP contribution in [0.1, 0.15) is 16.4 Å². The number of ether oxygens (including phenoxy) is 1. The van der Waals surface area contributed by atoms with Gasteiger partial charge >= 0.3 is 4.87 Å². The van der Waals surface area contributed by atoms with Gasteiger partial charge in [0.15, 0.2) is 0 Å². The number of nitrogens with zero attached hydrogens (tertiary/aromatic N) is 1. The number of non-ortho nitro benzene ring substituents is 1. The molecule has 9 heteroatoms. The summed E-state index contributed by atoms with van der Waals surface area (Å²) in [5.41, 5.74) is 0.626. The lowest BCUT2D eigenvalue weighted by Crippen LogP contribution is -2.39. The molecular formula is C13H10N2O5S2. The predicted molar refractivity (Wildman–Crippen MR) is 80.7 cm³/mol. The maximum Gasteiger partial charge on any atom is 0.305 e. The molecule has 2 aromatic rings. The van der Waals surface area contributed by atoms with Crippen molar-refractivity contribution in [1.82, 2.24) is 4.98 Å². The fraction of sp³-hybridized carbons (Fsp3) is 0.308. The molecule has 1 aromatic carbocycles. The van der Waals surface area contributed by atoms with E-state index in [4.69, 9.17) is 4.74 Å². The SMILES string of the molecule is O=c1[nH]c2c(s1)[C@H]1c3cc([N+](=O)[O-])ccc3O[C@@H](O)[C@@H]1CS2. The quantitative estimate of drug-likeness (QED) is 0.608.